The molecule has 31 heavy (non-hydrogen) atoms. The van der Waals surface area contributed by atoms with Crippen LogP contribution < -0.4 is 20.7 Å². The Morgan fingerprint density at radius 2 is 1.65 bits per heavy atom. The molecule has 2 aromatic rings. The topological polar surface area (TPSA) is 84.0 Å². The first kappa shape index (κ1) is 23.8. The van der Waals surface area contributed by atoms with Gasteiger partial charge in [-0.1, -0.05) is 24.3 Å². The van der Waals surface area contributed by atoms with Gasteiger partial charge in [-0.15, -0.1) is 0 Å². The van der Waals surface area contributed by atoms with Gasteiger partial charge in [-0.3, -0.25) is 5.32 Å². The molecule has 0 atom stereocenters. The number of rotatable bonds is 8. The number of nitrogens with zero attached hydrogens (tertiary/aromatic N) is 1. The molecule has 2 rings (SSSR count). The van der Waals surface area contributed by atoms with Gasteiger partial charge in [-0.2, -0.15) is 13.2 Å². The summed E-state index contributed by atoms with van der Waals surface area (Å²) in [5.74, 6) is 0.747. The molecule has 0 unspecified atom stereocenters. The van der Waals surface area contributed by atoms with Gasteiger partial charge in [0.25, 0.3) is 0 Å². The SMILES string of the molecule is CCNC(=NCc1ccc(OCC(F)(F)F)cc1)NCc1ccc(NC(=O)OC)cc1. The molecule has 0 saturated carbocycles. The van der Waals surface area contributed by atoms with Crippen LogP contribution in [0.1, 0.15) is 18.1 Å². The summed E-state index contributed by atoms with van der Waals surface area (Å²) in [4.78, 5) is 15.7. The predicted molar refractivity (Wildman–Crippen MR) is 112 cm³/mol. The Hall–Kier alpha value is -3.43. The summed E-state index contributed by atoms with van der Waals surface area (Å²) in [5.41, 5.74) is 2.43. The van der Waals surface area contributed by atoms with Crippen LogP contribution in [0, 0.1) is 0 Å². The molecule has 2 aromatic carbocycles. The number of carbonyl (C=O) groups excluding carboxylic acids is 1. The normalized spacial score (nSPS) is 11.6. The minimum Gasteiger partial charge on any atom is -0.484 e. The second kappa shape index (κ2) is 11.7. The summed E-state index contributed by atoms with van der Waals surface area (Å²) in [6, 6.07) is 13.6. The number of amides is 1. The number of methoxy groups -OCH3 is 1. The van der Waals surface area contributed by atoms with Gasteiger partial charge < -0.3 is 20.1 Å². The standard InChI is InChI=1S/C21H25F3N4O3/c1-3-25-19(26-12-15-4-8-17(9-5-15)28-20(29)30-2)27-13-16-6-10-18(11-7-16)31-14-21(22,23)24/h4-11H,3,12-14H2,1-2H3,(H,28,29)(H2,25,26,27). The van der Waals surface area contributed by atoms with E-state index in [1.807, 2.05) is 19.1 Å². The highest BCUT2D eigenvalue weighted by Gasteiger charge is 2.28. The van der Waals surface area contributed by atoms with E-state index in [-0.39, 0.29) is 5.75 Å². The lowest BCUT2D eigenvalue weighted by molar-refractivity contribution is -0.153. The Kier molecular flexibility index (Phi) is 8.98. The molecular weight excluding hydrogens is 413 g/mol. The minimum atomic E-state index is -4.37. The van der Waals surface area contributed by atoms with E-state index in [4.69, 9.17) is 4.74 Å². The van der Waals surface area contributed by atoms with Gasteiger partial charge in [0.1, 0.15) is 5.75 Å². The molecule has 0 aromatic heterocycles. The van der Waals surface area contributed by atoms with Gasteiger partial charge in [0.2, 0.25) is 0 Å². The van der Waals surface area contributed by atoms with Gasteiger partial charge >= 0.3 is 12.3 Å². The molecule has 168 valence electrons. The average molecular weight is 438 g/mol. The van der Waals surface area contributed by atoms with Crippen LogP contribution in [-0.2, 0) is 17.8 Å². The Balaban J connectivity index is 1.89. The van der Waals surface area contributed by atoms with Gasteiger partial charge in [0, 0.05) is 18.8 Å². The van der Waals surface area contributed by atoms with Crippen molar-refractivity contribution in [2.75, 3.05) is 25.6 Å². The fourth-order valence-electron chi connectivity index (χ4n) is 2.43. The van der Waals surface area contributed by atoms with E-state index >= 15 is 0 Å². The molecule has 0 bridgehead atoms. The Bertz CT molecular complexity index is 854. The molecule has 0 spiro atoms. The molecule has 0 aliphatic carbocycles. The first-order valence-electron chi connectivity index (χ1n) is 9.53. The third kappa shape index (κ3) is 9.28. The summed E-state index contributed by atoms with van der Waals surface area (Å²) in [5, 5.41) is 8.92. The van der Waals surface area contributed by atoms with Crippen molar-refractivity contribution < 1.29 is 27.4 Å². The number of hydrogen-bond acceptors (Lipinski definition) is 4. The molecule has 0 heterocycles. The third-order valence-corrected chi connectivity index (χ3v) is 3.94. The van der Waals surface area contributed by atoms with E-state index in [1.54, 1.807) is 24.3 Å². The van der Waals surface area contributed by atoms with Crippen molar-refractivity contribution in [3.05, 3.63) is 59.7 Å². The number of aliphatic imine (C=N–C) groups is 1. The van der Waals surface area contributed by atoms with Crippen molar-refractivity contribution in [1.29, 1.82) is 0 Å². The van der Waals surface area contributed by atoms with Crippen LogP contribution in [0.3, 0.4) is 0 Å². The number of nitrogens with one attached hydrogen (secondary N) is 3. The van der Waals surface area contributed by atoms with Crippen LogP contribution in [0.4, 0.5) is 23.7 Å². The molecular formula is C21H25F3N4O3. The number of benzene rings is 2. The van der Waals surface area contributed by atoms with Crippen LogP contribution in [0.5, 0.6) is 5.75 Å². The van der Waals surface area contributed by atoms with E-state index in [9.17, 15) is 18.0 Å². The summed E-state index contributed by atoms with van der Waals surface area (Å²) in [6.45, 7) is 2.14. The van der Waals surface area contributed by atoms with Crippen LogP contribution in [-0.4, -0.2) is 38.5 Å². The van der Waals surface area contributed by atoms with Crippen molar-refractivity contribution in [2.24, 2.45) is 4.99 Å². The zero-order chi connectivity index (χ0) is 22.7. The maximum atomic E-state index is 12.2. The summed E-state index contributed by atoms with van der Waals surface area (Å²) < 4.78 is 45.9. The number of anilines is 1. The number of halogens is 3. The van der Waals surface area contributed by atoms with Crippen molar-refractivity contribution in [3.8, 4) is 5.75 Å². The van der Waals surface area contributed by atoms with Gasteiger partial charge in [0.05, 0.1) is 13.7 Å². The van der Waals surface area contributed by atoms with Crippen molar-refractivity contribution in [1.82, 2.24) is 10.6 Å². The molecule has 0 saturated heterocycles. The Labute approximate surface area is 178 Å². The Morgan fingerprint density at radius 3 is 2.23 bits per heavy atom. The van der Waals surface area contributed by atoms with Crippen molar-refractivity contribution >= 4 is 17.7 Å². The fourth-order valence-corrected chi connectivity index (χ4v) is 2.43. The smallest absolute Gasteiger partial charge is 0.422 e. The Morgan fingerprint density at radius 1 is 1.00 bits per heavy atom. The zero-order valence-electron chi connectivity index (χ0n) is 17.3. The number of carbonyl (C=O) groups is 1. The lowest BCUT2D eigenvalue weighted by Gasteiger charge is -2.12. The van der Waals surface area contributed by atoms with Crippen LogP contribution in [0.2, 0.25) is 0 Å². The fraction of sp³-hybridized carbons (Fsp3) is 0.333. The second-order valence-corrected chi connectivity index (χ2v) is 6.41. The molecule has 1 amide bonds. The second-order valence-electron chi connectivity index (χ2n) is 6.41. The molecule has 0 fully saturated rings. The van der Waals surface area contributed by atoms with E-state index in [0.717, 1.165) is 11.1 Å². The predicted octanol–water partition coefficient (Wildman–Crippen LogP) is 4.06. The number of ether oxygens (including phenoxy) is 2. The number of alkyl halides is 3. The van der Waals surface area contributed by atoms with Gasteiger partial charge in [0.15, 0.2) is 12.6 Å². The number of hydrogen-bond donors (Lipinski definition) is 3. The molecule has 0 aliphatic heterocycles. The first-order chi connectivity index (χ1) is 14.8. The van der Waals surface area contributed by atoms with Crippen molar-refractivity contribution in [3.63, 3.8) is 0 Å². The zero-order valence-corrected chi connectivity index (χ0v) is 17.3. The van der Waals surface area contributed by atoms with Crippen LogP contribution in [0.25, 0.3) is 0 Å². The van der Waals surface area contributed by atoms with E-state index < -0.39 is 18.9 Å². The highest BCUT2D eigenvalue weighted by molar-refractivity contribution is 5.84. The summed E-state index contributed by atoms with van der Waals surface area (Å²) in [6.07, 6.45) is -4.90. The summed E-state index contributed by atoms with van der Waals surface area (Å²) in [7, 11) is 1.30. The highest BCUT2D eigenvalue weighted by atomic mass is 19.4. The molecule has 0 radical (unpaired) electrons. The molecule has 0 aliphatic rings. The maximum Gasteiger partial charge on any atom is 0.422 e. The summed E-state index contributed by atoms with van der Waals surface area (Å²) >= 11 is 0. The van der Waals surface area contributed by atoms with E-state index in [0.29, 0.717) is 31.3 Å². The van der Waals surface area contributed by atoms with Gasteiger partial charge in [-0.25, -0.2) is 9.79 Å². The molecule has 7 nitrogen and oxygen atoms in total. The monoisotopic (exact) mass is 438 g/mol. The number of guanidine groups is 1. The average Bonchev–Trinajstić information content (AvgIpc) is 2.75. The first-order valence-corrected chi connectivity index (χ1v) is 9.53. The lowest BCUT2D eigenvalue weighted by Crippen LogP contribution is -2.36. The molecule has 3 N–H and O–H groups in total. The third-order valence-electron chi connectivity index (χ3n) is 3.94. The van der Waals surface area contributed by atoms with Gasteiger partial charge in [-0.05, 0) is 42.3 Å². The van der Waals surface area contributed by atoms with Crippen molar-refractivity contribution in [2.45, 2.75) is 26.2 Å². The molecule has 10 heteroatoms. The quantitative estimate of drug-likeness (QED) is 0.428. The highest BCUT2D eigenvalue weighted by Crippen LogP contribution is 2.19. The van der Waals surface area contributed by atoms with Crippen LogP contribution in [0.15, 0.2) is 53.5 Å². The largest absolute Gasteiger partial charge is 0.484 e. The van der Waals surface area contributed by atoms with E-state index in [2.05, 4.69) is 25.7 Å². The minimum absolute atomic E-state index is 0.153. The van der Waals surface area contributed by atoms with Crippen LogP contribution >= 0.6 is 0 Å². The van der Waals surface area contributed by atoms with E-state index in [1.165, 1.54) is 19.2 Å². The lowest BCUT2D eigenvalue weighted by atomic mass is 10.2. The maximum absolute atomic E-state index is 12.2.